The molecule has 0 saturated heterocycles. The lowest BCUT2D eigenvalue weighted by Crippen LogP contribution is -2.45. The third-order valence-corrected chi connectivity index (χ3v) is 4.01. The summed E-state index contributed by atoms with van der Waals surface area (Å²) in [5, 5.41) is 13.6. The number of anilines is 1. The highest BCUT2D eigenvalue weighted by Gasteiger charge is 2.11. The predicted octanol–water partition coefficient (Wildman–Crippen LogP) is 3.42. The first-order valence-corrected chi connectivity index (χ1v) is 9.00. The number of ether oxygens (including phenoxy) is 1. The van der Waals surface area contributed by atoms with Crippen LogP contribution in [0.5, 0.6) is 5.75 Å². The highest BCUT2D eigenvalue weighted by molar-refractivity contribution is 7.80. The van der Waals surface area contributed by atoms with Crippen LogP contribution in [0.4, 0.5) is 11.4 Å². The van der Waals surface area contributed by atoms with Crippen LogP contribution in [0.2, 0.25) is 0 Å². The molecule has 9 heteroatoms. The number of hydrazine groups is 1. The lowest BCUT2D eigenvalue weighted by molar-refractivity contribution is -0.384. The first kappa shape index (κ1) is 21.1. The third kappa shape index (κ3) is 6.20. The summed E-state index contributed by atoms with van der Waals surface area (Å²) in [6.45, 7) is 5.90. The number of rotatable bonds is 6. The molecule has 148 valence electrons. The van der Waals surface area contributed by atoms with E-state index in [-0.39, 0.29) is 23.3 Å². The van der Waals surface area contributed by atoms with Gasteiger partial charge in [0.15, 0.2) is 11.7 Å². The Kier molecular flexibility index (Phi) is 7.28. The molecule has 0 unspecified atom stereocenters. The molecular weight excluding hydrogens is 380 g/mol. The molecule has 1 amide bonds. The molecule has 0 spiro atoms. The molecule has 0 saturated carbocycles. The first-order valence-electron chi connectivity index (χ1n) is 8.60. The van der Waals surface area contributed by atoms with Crippen molar-refractivity contribution in [3.8, 4) is 5.75 Å². The summed E-state index contributed by atoms with van der Waals surface area (Å²) in [7, 11) is 0. The summed E-state index contributed by atoms with van der Waals surface area (Å²) in [4.78, 5) is 22.2. The lowest BCUT2D eigenvalue weighted by atomic mass is 10.0. The van der Waals surface area contributed by atoms with Crippen LogP contribution >= 0.6 is 12.2 Å². The van der Waals surface area contributed by atoms with Crippen LogP contribution in [-0.2, 0) is 4.79 Å². The fourth-order valence-corrected chi connectivity index (χ4v) is 2.55. The van der Waals surface area contributed by atoms with Crippen molar-refractivity contribution >= 4 is 34.6 Å². The highest BCUT2D eigenvalue weighted by Crippen LogP contribution is 2.27. The van der Waals surface area contributed by atoms with E-state index in [0.29, 0.717) is 11.4 Å². The van der Waals surface area contributed by atoms with Crippen LogP contribution in [-0.4, -0.2) is 22.5 Å². The van der Waals surface area contributed by atoms with Gasteiger partial charge in [-0.2, -0.15) is 0 Å². The van der Waals surface area contributed by atoms with E-state index in [9.17, 15) is 14.9 Å². The van der Waals surface area contributed by atoms with Crippen LogP contribution in [0.25, 0.3) is 0 Å². The number of benzene rings is 2. The average molecular weight is 402 g/mol. The van der Waals surface area contributed by atoms with Crippen molar-refractivity contribution < 1.29 is 14.5 Å². The summed E-state index contributed by atoms with van der Waals surface area (Å²) in [6.07, 6.45) is 0. The Balaban J connectivity index is 1.81. The van der Waals surface area contributed by atoms with Crippen molar-refractivity contribution in [1.29, 1.82) is 0 Å². The Morgan fingerprint density at radius 2 is 1.86 bits per heavy atom. The van der Waals surface area contributed by atoms with Crippen LogP contribution in [0.3, 0.4) is 0 Å². The smallest absolute Gasteiger partial charge is 0.276 e. The molecule has 0 fully saturated rings. The van der Waals surface area contributed by atoms with Gasteiger partial charge in [0, 0.05) is 17.8 Å². The van der Waals surface area contributed by atoms with Crippen LogP contribution in [0.1, 0.15) is 30.9 Å². The maximum atomic E-state index is 12.0. The van der Waals surface area contributed by atoms with Gasteiger partial charge in [-0.1, -0.05) is 26.0 Å². The number of carbonyl (C=O) groups is 1. The maximum Gasteiger partial charge on any atom is 0.276 e. The van der Waals surface area contributed by atoms with E-state index in [1.54, 1.807) is 0 Å². The number of hydrogen-bond donors (Lipinski definition) is 3. The van der Waals surface area contributed by atoms with E-state index >= 15 is 0 Å². The van der Waals surface area contributed by atoms with Crippen LogP contribution in [0.15, 0.2) is 42.5 Å². The number of hydrogen-bond acceptors (Lipinski definition) is 5. The zero-order chi connectivity index (χ0) is 20.7. The van der Waals surface area contributed by atoms with Gasteiger partial charge < -0.3 is 10.1 Å². The van der Waals surface area contributed by atoms with Gasteiger partial charge in [0.2, 0.25) is 0 Å². The van der Waals surface area contributed by atoms with Gasteiger partial charge in [-0.05, 0) is 54.4 Å². The number of non-ortho nitro benzene ring substituents is 1. The number of thiocarbonyl (C=S) groups is 1. The van der Waals surface area contributed by atoms with Crippen molar-refractivity contribution in [3.05, 3.63) is 63.7 Å². The summed E-state index contributed by atoms with van der Waals surface area (Å²) in [5.41, 5.74) is 7.61. The number of aryl methyl sites for hydroxylation is 1. The zero-order valence-electron chi connectivity index (χ0n) is 15.8. The van der Waals surface area contributed by atoms with Gasteiger partial charge in [-0.25, -0.2) is 0 Å². The quantitative estimate of drug-likeness (QED) is 0.386. The number of amides is 1. The highest BCUT2D eigenvalue weighted by atomic mass is 32.1. The Morgan fingerprint density at radius 1 is 1.18 bits per heavy atom. The molecule has 2 rings (SSSR count). The molecule has 0 aliphatic rings. The van der Waals surface area contributed by atoms with Gasteiger partial charge >= 0.3 is 0 Å². The standard InChI is InChI=1S/C19H22N4O4S/c1-12(2)16-9-4-13(3)10-17(16)27-11-18(24)21-22-19(28)20-14-5-7-15(8-6-14)23(25)26/h4-10,12H,11H2,1-3H3,(H,21,24)(H2,20,22,28). The molecule has 0 heterocycles. The molecule has 2 aromatic carbocycles. The van der Waals surface area contributed by atoms with Crippen molar-refractivity contribution in [2.45, 2.75) is 26.7 Å². The summed E-state index contributed by atoms with van der Waals surface area (Å²) < 4.78 is 5.65. The molecule has 0 radical (unpaired) electrons. The molecule has 0 aromatic heterocycles. The average Bonchev–Trinajstić information content (AvgIpc) is 2.65. The second-order valence-electron chi connectivity index (χ2n) is 6.42. The van der Waals surface area contributed by atoms with Gasteiger partial charge in [0.1, 0.15) is 5.75 Å². The molecule has 0 aliphatic carbocycles. The van der Waals surface area contributed by atoms with Crippen LogP contribution in [0, 0.1) is 17.0 Å². The van der Waals surface area contributed by atoms with Crippen molar-refractivity contribution in [2.75, 3.05) is 11.9 Å². The van der Waals surface area contributed by atoms with Gasteiger partial charge in [0.25, 0.3) is 11.6 Å². The SMILES string of the molecule is Cc1ccc(C(C)C)c(OCC(=O)NNC(=S)Nc2ccc([N+](=O)[O-])cc2)c1. The van der Waals surface area contributed by atoms with E-state index in [0.717, 1.165) is 11.1 Å². The first-order chi connectivity index (χ1) is 13.3. The second kappa shape index (κ2) is 9.65. The third-order valence-electron chi connectivity index (χ3n) is 3.80. The van der Waals surface area contributed by atoms with E-state index in [2.05, 4.69) is 30.0 Å². The minimum atomic E-state index is -0.487. The molecule has 0 aliphatic heterocycles. The fraction of sp³-hybridized carbons (Fsp3) is 0.263. The molecule has 0 atom stereocenters. The Morgan fingerprint density at radius 3 is 2.46 bits per heavy atom. The molecule has 28 heavy (non-hydrogen) atoms. The topological polar surface area (TPSA) is 106 Å². The Bertz CT molecular complexity index is 869. The van der Waals surface area contributed by atoms with E-state index in [4.69, 9.17) is 17.0 Å². The van der Waals surface area contributed by atoms with Crippen LogP contribution < -0.4 is 20.9 Å². The van der Waals surface area contributed by atoms with Gasteiger partial charge in [0.05, 0.1) is 4.92 Å². The number of nitrogens with zero attached hydrogens (tertiary/aromatic N) is 1. The largest absolute Gasteiger partial charge is 0.483 e. The molecule has 8 nitrogen and oxygen atoms in total. The van der Waals surface area contributed by atoms with E-state index in [1.165, 1.54) is 24.3 Å². The Hall–Kier alpha value is -3.20. The minimum Gasteiger partial charge on any atom is -0.483 e. The summed E-state index contributed by atoms with van der Waals surface area (Å²) >= 11 is 5.08. The van der Waals surface area contributed by atoms with Crippen molar-refractivity contribution in [1.82, 2.24) is 10.9 Å². The second-order valence-corrected chi connectivity index (χ2v) is 6.82. The Labute approximate surface area is 168 Å². The number of nitrogens with one attached hydrogen (secondary N) is 3. The molecular formula is C19H22N4O4S. The number of nitro groups is 1. The molecule has 2 aromatic rings. The number of carbonyl (C=O) groups excluding carboxylic acids is 1. The van der Waals surface area contributed by atoms with Gasteiger partial charge in [-0.15, -0.1) is 0 Å². The lowest BCUT2D eigenvalue weighted by Gasteiger charge is -2.15. The predicted molar refractivity (Wildman–Crippen MR) is 111 cm³/mol. The zero-order valence-corrected chi connectivity index (χ0v) is 16.6. The minimum absolute atomic E-state index is 0.0215. The van der Waals surface area contributed by atoms with Crippen molar-refractivity contribution in [3.63, 3.8) is 0 Å². The van der Waals surface area contributed by atoms with Gasteiger partial charge in [-0.3, -0.25) is 25.8 Å². The summed E-state index contributed by atoms with van der Waals surface area (Å²) in [5.74, 6) is 0.552. The number of nitro benzene ring substituents is 1. The van der Waals surface area contributed by atoms with E-state index in [1.807, 2.05) is 25.1 Å². The van der Waals surface area contributed by atoms with E-state index < -0.39 is 10.8 Å². The maximum absolute atomic E-state index is 12.0. The fourth-order valence-electron chi connectivity index (χ4n) is 2.38. The summed E-state index contributed by atoms with van der Waals surface area (Å²) in [6, 6.07) is 11.6. The monoisotopic (exact) mass is 402 g/mol. The molecule has 3 N–H and O–H groups in total. The molecule has 0 bridgehead atoms. The normalized spacial score (nSPS) is 10.3. The van der Waals surface area contributed by atoms with Crippen molar-refractivity contribution in [2.24, 2.45) is 0 Å².